The number of carbonyl (C=O) groups is 5. The number of hydrogen-bond donors (Lipinski definition) is 4. The minimum absolute atomic E-state index is 0.0300. The molecule has 5 amide bonds. The molecule has 3 saturated heterocycles. The van der Waals surface area contributed by atoms with Crippen LogP contribution in [-0.2, 0) is 34.2 Å². The molecule has 0 aromatic carbocycles. The second-order valence-corrected chi connectivity index (χ2v) is 20.9. The Morgan fingerprint density at radius 2 is 1.52 bits per heavy atom. The Bertz CT molecular complexity index is 1800. The number of likely N-dealkylation sites (tertiary alicyclic amines) is 1. The average Bonchev–Trinajstić information content (AvgIpc) is 3.63. The molecule has 0 radical (unpaired) electrons. The first-order valence-corrected chi connectivity index (χ1v) is 23.1. The van der Waals surface area contributed by atoms with Gasteiger partial charge in [-0.15, -0.1) is 6.58 Å². The third-order valence-electron chi connectivity index (χ3n) is 15.8. The van der Waals surface area contributed by atoms with Gasteiger partial charge in [-0.25, -0.2) is 4.72 Å². The van der Waals surface area contributed by atoms with E-state index in [1.54, 1.807) is 17.9 Å². The van der Waals surface area contributed by atoms with Crippen LogP contribution < -0.4 is 20.7 Å². The van der Waals surface area contributed by atoms with Gasteiger partial charge in [-0.2, -0.15) is 12.7 Å². The highest BCUT2D eigenvalue weighted by atomic mass is 32.2. The van der Waals surface area contributed by atoms with Gasteiger partial charge in [0, 0.05) is 57.1 Å². The summed E-state index contributed by atoms with van der Waals surface area (Å²) in [6, 6.07) is -2.98. The topological polar surface area (TPSA) is 181 Å². The van der Waals surface area contributed by atoms with Gasteiger partial charge in [-0.05, 0) is 87.7 Å². The van der Waals surface area contributed by atoms with Crippen molar-refractivity contribution in [2.24, 2.45) is 28.1 Å². The van der Waals surface area contributed by atoms with E-state index in [1.165, 1.54) is 4.31 Å². The van der Waals surface area contributed by atoms with Crippen molar-refractivity contribution in [2.45, 2.75) is 121 Å². The van der Waals surface area contributed by atoms with E-state index in [4.69, 9.17) is 0 Å². The molecular weight excluding hydrogens is 761 g/mol. The molecule has 6 atom stereocenters. The van der Waals surface area contributed by atoms with Gasteiger partial charge in [0.2, 0.25) is 23.6 Å². The van der Waals surface area contributed by atoms with Crippen molar-refractivity contribution >= 4 is 39.7 Å². The van der Waals surface area contributed by atoms with Crippen molar-refractivity contribution < 1.29 is 32.4 Å². The van der Waals surface area contributed by atoms with Gasteiger partial charge in [0.05, 0.1) is 6.54 Å². The molecule has 3 aliphatic heterocycles. The number of fused-ring (bicyclic) bond motifs is 1. The summed E-state index contributed by atoms with van der Waals surface area (Å²) in [5.74, 6) is -3.07. The summed E-state index contributed by atoms with van der Waals surface area (Å²) in [6.45, 7) is 18.4. The molecular formula is C42H66N8O7S. The maximum absolute atomic E-state index is 15.0. The third-order valence-corrected chi connectivity index (χ3v) is 17.3. The minimum atomic E-state index is -4.11. The zero-order chi connectivity index (χ0) is 41.8. The van der Waals surface area contributed by atoms with Crippen LogP contribution >= 0.6 is 0 Å². The Kier molecular flexibility index (Phi) is 11.7. The van der Waals surface area contributed by atoms with Crippen molar-refractivity contribution in [3.63, 3.8) is 0 Å². The van der Waals surface area contributed by atoms with Gasteiger partial charge < -0.3 is 25.8 Å². The number of amides is 5. The number of hydrogen-bond acceptors (Lipinski definition) is 9. The lowest BCUT2D eigenvalue weighted by atomic mass is 9.73. The molecule has 58 heavy (non-hydrogen) atoms. The Morgan fingerprint density at radius 1 is 0.862 bits per heavy atom. The van der Waals surface area contributed by atoms with E-state index in [0.717, 1.165) is 77.5 Å². The smallest absolute Gasteiger partial charge is 0.303 e. The molecule has 322 valence electrons. The first-order valence-electron chi connectivity index (χ1n) is 21.7. The number of carbonyl (C=O) groups excluding carboxylic acids is 5. The van der Waals surface area contributed by atoms with E-state index in [-0.39, 0.29) is 41.0 Å². The van der Waals surface area contributed by atoms with Crippen LogP contribution in [0.3, 0.4) is 0 Å². The van der Waals surface area contributed by atoms with Crippen molar-refractivity contribution in [2.75, 3.05) is 59.4 Å². The van der Waals surface area contributed by atoms with E-state index in [1.807, 2.05) is 0 Å². The molecule has 15 nitrogen and oxygen atoms in total. The molecule has 0 unspecified atom stereocenters. The highest BCUT2D eigenvalue weighted by Gasteiger charge is 2.85. The van der Waals surface area contributed by atoms with Crippen molar-refractivity contribution in [3.8, 4) is 0 Å². The quantitative estimate of drug-likeness (QED) is 0.190. The van der Waals surface area contributed by atoms with Crippen LogP contribution in [0.5, 0.6) is 0 Å². The molecule has 4 N–H and O–H groups in total. The average molecular weight is 827 g/mol. The molecule has 3 heterocycles. The van der Waals surface area contributed by atoms with Crippen LogP contribution in [0.25, 0.3) is 0 Å². The summed E-state index contributed by atoms with van der Waals surface area (Å²) >= 11 is 0. The van der Waals surface area contributed by atoms with Crippen LogP contribution in [-0.4, -0.2) is 140 Å². The largest absolute Gasteiger partial charge is 0.343 e. The van der Waals surface area contributed by atoms with E-state index < -0.39 is 63.4 Å². The molecule has 7 fully saturated rings. The van der Waals surface area contributed by atoms with Gasteiger partial charge >= 0.3 is 10.2 Å². The summed E-state index contributed by atoms with van der Waals surface area (Å²) < 4.78 is 29.7. The molecule has 4 saturated carbocycles. The summed E-state index contributed by atoms with van der Waals surface area (Å²) in [5, 5.41) is 8.97. The summed E-state index contributed by atoms with van der Waals surface area (Å²) in [4.78, 5) is 77.1. The van der Waals surface area contributed by atoms with Gasteiger partial charge in [0.25, 0.3) is 5.91 Å². The number of piperazine rings is 1. The third kappa shape index (κ3) is 7.42. The summed E-state index contributed by atoms with van der Waals surface area (Å²) in [7, 11) is -2.05. The van der Waals surface area contributed by atoms with Gasteiger partial charge in [0.15, 0.2) is 0 Å². The van der Waals surface area contributed by atoms with E-state index in [9.17, 15) is 32.4 Å². The number of nitrogens with zero attached hydrogens (tertiary/aromatic N) is 4. The predicted octanol–water partition coefficient (Wildman–Crippen LogP) is 1.67. The molecule has 0 aromatic heterocycles. The molecule has 4 aliphatic carbocycles. The van der Waals surface area contributed by atoms with Crippen molar-refractivity contribution in [1.29, 1.82) is 0 Å². The summed E-state index contributed by atoms with van der Waals surface area (Å²) in [5.41, 5.74) is -1.67. The van der Waals surface area contributed by atoms with Crippen LogP contribution in [0.2, 0.25) is 0 Å². The van der Waals surface area contributed by atoms with Crippen LogP contribution in [0.15, 0.2) is 24.8 Å². The van der Waals surface area contributed by atoms with Gasteiger partial charge in [-0.1, -0.05) is 52.2 Å². The molecule has 7 aliphatic rings. The fourth-order valence-corrected chi connectivity index (χ4v) is 13.0. The number of nitrogens with one attached hydrogen (secondary N) is 4. The Hall–Kier alpha value is -3.34. The minimum Gasteiger partial charge on any atom is -0.343 e. The van der Waals surface area contributed by atoms with Crippen LogP contribution in [0, 0.1) is 28.1 Å². The Labute approximate surface area is 344 Å². The molecule has 0 aromatic rings. The Balaban J connectivity index is 1.11. The van der Waals surface area contributed by atoms with Crippen LogP contribution in [0.4, 0.5) is 0 Å². The zero-order valence-electron chi connectivity index (χ0n) is 35.1. The Morgan fingerprint density at radius 3 is 2.07 bits per heavy atom. The van der Waals surface area contributed by atoms with E-state index >= 15 is 0 Å². The fourth-order valence-electron chi connectivity index (χ4n) is 11.7. The standard InChI is InChI=1S/C42H66N8O7S/c1-7-30-24-42(30,38(55)46-58(56,57)49-18-11-12-19-49)45-35(52)31-25-41(39(4,5)40(41)16-13-17-40)27-50(31)37(54)33(28(2)3)44-36(53)34(29-14-9-8-10-15-29)43-32(51)26-48-22-20-47(6)21-23-48/h7,29-31,33-34H,1-2,8-27H2,3-6H3,(H,43,51)(H,44,53)(H,45,52)(H,46,55)/t30-,31+,33+,34+,41-,42-/m1/s1. The second kappa shape index (κ2) is 15.9. The summed E-state index contributed by atoms with van der Waals surface area (Å²) in [6.07, 6.45) is 11.1. The molecule has 2 spiro atoms. The first kappa shape index (κ1) is 42.8. The van der Waals surface area contributed by atoms with Gasteiger partial charge in [-0.3, -0.25) is 28.9 Å². The highest BCUT2D eigenvalue weighted by molar-refractivity contribution is 7.87. The SMILES string of the molecule is C=C[C@@H]1C[C@]1(NC(=O)[C@@H]1C[C@@]2(CN1C(=O)[C@@H](NC(=O)[C@@H](NC(=O)CN1CCN(C)CC1)C1CCCCC1)C(=C)C)C(C)(C)C21CCC1)C(=O)NS(=O)(=O)N1CCCC1. The number of rotatable bonds is 14. The lowest BCUT2D eigenvalue weighted by Gasteiger charge is -2.35. The molecule has 7 rings (SSSR count). The normalized spacial score (nSPS) is 31.8. The molecule has 0 bridgehead atoms. The maximum Gasteiger partial charge on any atom is 0.303 e. The van der Waals surface area contributed by atoms with Gasteiger partial charge in [0.1, 0.15) is 23.7 Å². The lowest BCUT2D eigenvalue weighted by Crippen LogP contribution is -2.60. The fraction of sp³-hybridized carbons (Fsp3) is 0.786. The first-order chi connectivity index (χ1) is 27.4. The van der Waals surface area contributed by atoms with Crippen molar-refractivity contribution in [1.82, 2.24) is 39.7 Å². The van der Waals surface area contributed by atoms with Crippen molar-refractivity contribution in [3.05, 3.63) is 24.8 Å². The predicted molar refractivity (Wildman–Crippen MR) is 219 cm³/mol. The maximum atomic E-state index is 15.0. The zero-order valence-corrected chi connectivity index (χ0v) is 35.9. The lowest BCUT2D eigenvalue weighted by molar-refractivity contribution is -0.142. The monoisotopic (exact) mass is 826 g/mol. The van der Waals surface area contributed by atoms with E-state index in [2.05, 4.69) is 64.5 Å². The van der Waals surface area contributed by atoms with E-state index in [0.29, 0.717) is 44.5 Å². The number of likely N-dealkylation sites (N-methyl/N-ethyl adjacent to an activating group) is 1. The highest BCUT2D eigenvalue weighted by Crippen LogP contribution is 2.88. The molecule has 16 heteroatoms. The van der Waals surface area contributed by atoms with Crippen LogP contribution in [0.1, 0.15) is 97.8 Å². The second-order valence-electron chi connectivity index (χ2n) is 19.2.